The topological polar surface area (TPSA) is 67.1 Å². The highest BCUT2D eigenvalue weighted by Gasteiger charge is 2.18. The van der Waals surface area contributed by atoms with Crippen LogP contribution in [0.3, 0.4) is 0 Å². The van der Waals surface area contributed by atoms with Gasteiger partial charge in [0.1, 0.15) is 18.0 Å². The van der Waals surface area contributed by atoms with Crippen molar-refractivity contribution < 1.29 is 0 Å². The van der Waals surface area contributed by atoms with Crippen molar-refractivity contribution in [2.24, 2.45) is 11.8 Å². The van der Waals surface area contributed by atoms with Gasteiger partial charge in [-0.3, -0.25) is 0 Å². The Kier molecular flexibility index (Phi) is 4.36. The maximum atomic E-state index is 5.45. The summed E-state index contributed by atoms with van der Waals surface area (Å²) in [6.07, 6.45) is 8.39. The molecule has 1 aromatic rings. The summed E-state index contributed by atoms with van der Waals surface area (Å²) < 4.78 is 0. The molecule has 2 rings (SSSR count). The molecule has 5 nitrogen and oxygen atoms in total. The molecular formula is C13H23N5. The van der Waals surface area contributed by atoms with Crippen LogP contribution in [-0.4, -0.2) is 23.6 Å². The van der Waals surface area contributed by atoms with Crippen molar-refractivity contribution in [1.29, 1.82) is 0 Å². The first-order valence-corrected chi connectivity index (χ1v) is 6.71. The van der Waals surface area contributed by atoms with Crippen LogP contribution in [0, 0.1) is 12.8 Å². The van der Waals surface area contributed by atoms with E-state index in [0.717, 1.165) is 23.8 Å². The summed E-state index contributed by atoms with van der Waals surface area (Å²) in [4.78, 5) is 10.7. The molecule has 0 bridgehead atoms. The van der Waals surface area contributed by atoms with Gasteiger partial charge in [0.05, 0.1) is 0 Å². The summed E-state index contributed by atoms with van der Waals surface area (Å²) >= 11 is 0. The van der Waals surface area contributed by atoms with E-state index in [4.69, 9.17) is 5.84 Å². The molecule has 0 atom stereocenters. The molecule has 5 heteroatoms. The molecule has 0 aromatic carbocycles. The third kappa shape index (κ3) is 2.90. The van der Waals surface area contributed by atoms with Crippen molar-refractivity contribution in [2.75, 3.05) is 23.9 Å². The van der Waals surface area contributed by atoms with E-state index in [1.165, 1.54) is 32.1 Å². The molecule has 3 N–H and O–H groups in total. The first kappa shape index (κ1) is 13.1. The van der Waals surface area contributed by atoms with E-state index in [1.54, 1.807) is 6.33 Å². The van der Waals surface area contributed by atoms with Crippen LogP contribution < -0.4 is 16.2 Å². The molecule has 0 radical (unpaired) electrons. The molecule has 1 aliphatic carbocycles. The van der Waals surface area contributed by atoms with Crippen molar-refractivity contribution in [3.05, 3.63) is 11.9 Å². The van der Waals surface area contributed by atoms with Crippen molar-refractivity contribution in [1.82, 2.24) is 9.97 Å². The highest BCUT2D eigenvalue weighted by Crippen LogP contribution is 2.27. The summed E-state index contributed by atoms with van der Waals surface area (Å²) in [5, 5.41) is 0. The number of anilines is 2. The van der Waals surface area contributed by atoms with Gasteiger partial charge in [-0.2, -0.15) is 0 Å². The SMILES string of the molecule is Cc1c(NN)ncnc1N(C)CC1CCCCC1. The Labute approximate surface area is 109 Å². The van der Waals surface area contributed by atoms with Gasteiger partial charge in [0.25, 0.3) is 0 Å². The van der Waals surface area contributed by atoms with Crippen LogP contribution in [0.15, 0.2) is 6.33 Å². The molecule has 18 heavy (non-hydrogen) atoms. The van der Waals surface area contributed by atoms with Crippen LogP contribution in [0.4, 0.5) is 11.6 Å². The lowest BCUT2D eigenvalue weighted by Crippen LogP contribution is -2.28. The zero-order valence-electron chi connectivity index (χ0n) is 11.3. The largest absolute Gasteiger partial charge is 0.359 e. The first-order valence-electron chi connectivity index (χ1n) is 6.71. The molecule has 0 aliphatic heterocycles. The van der Waals surface area contributed by atoms with Gasteiger partial charge in [0, 0.05) is 19.2 Å². The predicted molar refractivity (Wildman–Crippen MR) is 74.4 cm³/mol. The Hall–Kier alpha value is -1.36. The minimum absolute atomic E-state index is 0.704. The van der Waals surface area contributed by atoms with E-state index < -0.39 is 0 Å². The molecule has 1 heterocycles. The monoisotopic (exact) mass is 249 g/mol. The second-order valence-electron chi connectivity index (χ2n) is 5.20. The van der Waals surface area contributed by atoms with Crippen LogP contribution in [-0.2, 0) is 0 Å². The number of hydrogen-bond acceptors (Lipinski definition) is 5. The lowest BCUT2D eigenvalue weighted by atomic mass is 9.89. The van der Waals surface area contributed by atoms with E-state index in [9.17, 15) is 0 Å². The number of nitrogens with one attached hydrogen (secondary N) is 1. The minimum atomic E-state index is 0.704. The molecule has 1 fully saturated rings. The second kappa shape index (κ2) is 6.00. The van der Waals surface area contributed by atoms with Crippen LogP contribution in [0.1, 0.15) is 37.7 Å². The van der Waals surface area contributed by atoms with Crippen LogP contribution in [0.25, 0.3) is 0 Å². The van der Waals surface area contributed by atoms with Crippen molar-refractivity contribution in [2.45, 2.75) is 39.0 Å². The third-order valence-electron chi connectivity index (χ3n) is 3.81. The quantitative estimate of drug-likeness (QED) is 0.632. The fraction of sp³-hybridized carbons (Fsp3) is 0.692. The number of aromatic nitrogens is 2. The van der Waals surface area contributed by atoms with E-state index >= 15 is 0 Å². The van der Waals surface area contributed by atoms with Crippen LogP contribution in [0.5, 0.6) is 0 Å². The summed E-state index contributed by atoms with van der Waals surface area (Å²) in [5.41, 5.74) is 3.63. The molecule has 100 valence electrons. The standard InChI is InChI=1S/C13H23N5/c1-10-12(17-14)15-9-16-13(10)18(2)8-11-6-4-3-5-7-11/h9,11H,3-8,14H2,1-2H3,(H,15,16,17). The average molecular weight is 249 g/mol. The highest BCUT2D eigenvalue weighted by atomic mass is 15.3. The number of hydrogen-bond donors (Lipinski definition) is 2. The van der Waals surface area contributed by atoms with Crippen molar-refractivity contribution >= 4 is 11.6 Å². The van der Waals surface area contributed by atoms with Crippen LogP contribution >= 0.6 is 0 Å². The molecule has 1 aliphatic rings. The molecule has 0 spiro atoms. The Morgan fingerprint density at radius 1 is 1.33 bits per heavy atom. The van der Waals surface area contributed by atoms with Gasteiger partial charge in [-0.25, -0.2) is 15.8 Å². The van der Waals surface area contributed by atoms with Crippen LogP contribution in [0.2, 0.25) is 0 Å². The van der Waals surface area contributed by atoms with Gasteiger partial charge in [-0.1, -0.05) is 19.3 Å². The Morgan fingerprint density at radius 3 is 2.72 bits per heavy atom. The lowest BCUT2D eigenvalue weighted by molar-refractivity contribution is 0.361. The number of nitrogens with zero attached hydrogens (tertiary/aromatic N) is 3. The summed E-state index contributed by atoms with van der Waals surface area (Å²) in [5.74, 6) is 7.92. The Bertz CT molecular complexity index is 387. The van der Waals surface area contributed by atoms with E-state index in [2.05, 4.69) is 27.3 Å². The molecule has 0 amide bonds. The van der Waals surface area contributed by atoms with Gasteiger partial charge in [-0.15, -0.1) is 0 Å². The van der Waals surface area contributed by atoms with E-state index in [-0.39, 0.29) is 0 Å². The molecule has 0 unspecified atom stereocenters. The average Bonchev–Trinajstić information content (AvgIpc) is 2.40. The van der Waals surface area contributed by atoms with E-state index in [0.29, 0.717) is 5.82 Å². The highest BCUT2D eigenvalue weighted by molar-refractivity contribution is 5.56. The summed E-state index contributed by atoms with van der Waals surface area (Å²) in [7, 11) is 2.10. The van der Waals surface area contributed by atoms with Gasteiger partial charge in [0.15, 0.2) is 0 Å². The number of hydrazine groups is 1. The molecule has 1 saturated carbocycles. The number of nitrogen functional groups attached to an aromatic ring is 1. The zero-order valence-corrected chi connectivity index (χ0v) is 11.3. The second-order valence-corrected chi connectivity index (χ2v) is 5.20. The first-order chi connectivity index (χ1) is 8.72. The number of rotatable bonds is 4. The molecule has 1 aromatic heterocycles. The third-order valence-corrected chi connectivity index (χ3v) is 3.81. The molecule has 0 saturated heterocycles. The van der Waals surface area contributed by atoms with Gasteiger partial charge < -0.3 is 10.3 Å². The number of nitrogens with two attached hydrogens (primary N) is 1. The predicted octanol–water partition coefficient (Wildman–Crippen LogP) is 2.09. The summed E-state index contributed by atoms with van der Waals surface area (Å²) in [6.45, 7) is 3.07. The summed E-state index contributed by atoms with van der Waals surface area (Å²) in [6, 6.07) is 0. The van der Waals surface area contributed by atoms with Gasteiger partial charge in [-0.05, 0) is 25.7 Å². The van der Waals surface area contributed by atoms with Gasteiger partial charge in [0.2, 0.25) is 0 Å². The fourth-order valence-corrected chi connectivity index (χ4v) is 2.81. The Balaban J connectivity index is 2.05. The van der Waals surface area contributed by atoms with Crippen molar-refractivity contribution in [3.63, 3.8) is 0 Å². The zero-order chi connectivity index (χ0) is 13.0. The van der Waals surface area contributed by atoms with Gasteiger partial charge >= 0.3 is 0 Å². The molecular weight excluding hydrogens is 226 g/mol. The minimum Gasteiger partial charge on any atom is -0.359 e. The Morgan fingerprint density at radius 2 is 2.06 bits per heavy atom. The maximum Gasteiger partial charge on any atom is 0.148 e. The fourth-order valence-electron chi connectivity index (χ4n) is 2.81. The lowest BCUT2D eigenvalue weighted by Gasteiger charge is -2.28. The normalized spacial score (nSPS) is 16.6. The maximum absolute atomic E-state index is 5.45. The van der Waals surface area contributed by atoms with E-state index in [1.807, 2.05) is 6.92 Å². The van der Waals surface area contributed by atoms with Crippen molar-refractivity contribution in [3.8, 4) is 0 Å². The smallest absolute Gasteiger partial charge is 0.148 e.